The van der Waals surface area contributed by atoms with Gasteiger partial charge in [0.25, 0.3) is 5.91 Å². The Labute approximate surface area is 95.5 Å². The van der Waals surface area contributed by atoms with E-state index in [0.29, 0.717) is 18.7 Å². The molecule has 0 fully saturated rings. The van der Waals surface area contributed by atoms with Crippen molar-refractivity contribution < 1.29 is 9.90 Å². The van der Waals surface area contributed by atoms with Crippen molar-refractivity contribution in [3.8, 4) is 0 Å². The second-order valence-electron chi connectivity index (χ2n) is 4.15. The van der Waals surface area contributed by atoms with Crippen LogP contribution in [0.5, 0.6) is 0 Å². The number of aromatic nitrogens is 2. The molecule has 0 spiro atoms. The molecule has 2 N–H and O–H groups in total. The summed E-state index contributed by atoms with van der Waals surface area (Å²) in [7, 11) is 0. The third kappa shape index (κ3) is 3.34. The molecule has 1 aromatic rings. The predicted molar refractivity (Wildman–Crippen MR) is 61.2 cm³/mol. The molecule has 1 unspecified atom stereocenters. The van der Waals surface area contributed by atoms with Crippen LogP contribution in [-0.2, 0) is 0 Å². The normalized spacial score (nSPS) is 12.8. The van der Waals surface area contributed by atoms with Crippen LogP contribution in [-0.4, -0.2) is 33.4 Å². The molecule has 0 bridgehead atoms. The first kappa shape index (κ1) is 12.7. The van der Waals surface area contributed by atoms with Gasteiger partial charge in [0.15, 0.2) is 0 Å². The minimum Gasteiger partial charge on any atom is -0.393 e. The van der Waals surface area contributed by atoms with Crippen molar-refractivity contribution in [2.24, 2.45) is 0 Å². The van der Waals surface area contributed by atoms with Crippen LogP contribution >= 0.6 is 0 Å². The lowest BCUT2D eigenvalue weighted by molar-refractivity contribution is 0.0933. The molecule has 0 saturated carbocycles. The fraction of sp³-hybridized carbons (Fsp3) is 0.636. The number of hydrogen-bond acceptors (Lipinski definition) is 3. The second kappa shape index (κ2) is 5.65. The highest BCUT2D eigenvalue weighted by molar-refractivity contribution is 5.92. The number of hydrogen-bond donors (Lipinski definition) is 2. The summed E-state index contributed by atoms with van der Waals surface area (Å²) < 4.78 is 1.68. The summed E-state index contributed by atoms with van der Waals surface area (Å²) in [5.41, 5.74) is 0.556. The standard InChI is InChI=1S/C11H19N3O2/c1-8(2)14-10(5-7-13-14)11(16)12-6-4-9(3)15/h5,7-9,15H,4,6H2,1-3H3,(H,12,16). The summed E-state index contributed by atoms with van der Waals surface area (Å²) >= 11 is 0. The largest absolute Gasteiger partial charge is 0.393 e. The summed E-state index contributed by atoms with van der Waals surface area (Å²) in [6.45, 7) is 6.11. The van der Waals surface area contributed by atoms with Crippen LogP contribution in [0.4, 0.5) is 0 Å². The maximum Gasteiger partial charge on any atom is 0.269 e. The number of aliphatic hydroxyl groups excluding tert-OH is 1. The Balaban J connectivity index is 2.56. The first-order chi connectivity index (χ1) is 7.52. The van der Waals surface area contributed by atoms with Crippen molar-refractivity contribution in [1.29, 1.82) is 0 Å². The molecule has 90 valence electrons. The Hall–Kier alpha value is -1.36. The van der Waals surface area contributed by atoms with Crippen LogP contribution in [0.2, 0.25) is 0 Å². The van der Waals surface area contributed by atoms with Gasteiger partial charge in [-0.1, -0.05) is 0 Å². The number of aliphatic hydroxyl groups is 1. The van der Waals surface area contributed by atoms with Gasteiger partial charge in [-0.15, -0.1) is 0 Å². The average molecular weight is 225 g/mol. The zero-order chi connectivity index (χ0) is 12.1. The number of nitrogens with one attached hydrogen (secondary N) is 1. The number of amides is 1. The monoisotopic (exact) mass is 225 g/mol. The van der Waals surface area contributed by atoms with Gasteiger partial charge < -0.3 is 10.4 Å². The fourth-order valence-corrected chi connectivity index (χ4v) is 1.39. The highest BCUT2D eigenvalue weighted by Crippen LogP contribution is 2.07. The minimum absolute atomic E-state index is 0.146. The van der Waals surface area contributed by atoms with E-state index in [1.165, 1.54) is 0 Å². The van der Waals surface area contributed by atoms with Gasteiger partial charge in [0.05, 0.1) is 6.10 Å². The lowest BCUT2D eigenvalue weighted by Crippen LogP contribution is -2.29. The van der Waals surface area contributed by atoms with Gasteiger partial charge in [0.2, 0.25) is 0 Å². The van der Waals surface area contributed by atoms with Gasteiger partial charge in [-0.2, -0.15) is 5.10 Å². The van der Waals surface area contributed by atoms with Crippen molar-refractivity contribution >= 4 is 5.91 Å². The summed E-state index contributed by atoms with van der Waals surface area (Å²) in [6.07, 6.45) is 1.78. The van der Waals surface area contributed by atoms with Crippen LogP contribution < -0.4 is 5.32 Å². The molecule has 0 aliphatic heterocycles. The van der Waals surface area contributed by atoms with Gasteiger partial charge in [-0.25, -0.2) is 0 Å². The quantitative estimate of drug-likeness (QED) is 0.784. The molecular formula is C11H19N3O2. The molecule has 16 heavy (non-hydrogen) atoms. The first-order valence-electron chi connectivity index (χ1n) is 5.52. The van der Waals surface area contributed by atoms with Crippen LogP contribution in [0.15, 0.2) is 12.3 Å². The molecule has 1 aromatic heterocycles. The van der Waals surface area contributed by atoms with Crippen LogP contribution in [0.3, 0.4) is 0 Å². The second-order valence-corrected chi connectivity index (χ2v) is 4.15. The summed E-state index contributed by atoms with van der Waals surface area (Å²) in [6, 6.07) is 1.85. The van der Waals surface area contributed by atoms with E-state index in [0.717, 1.165) is 0 Å². The van der Waals surface area contributed by atoms with Crippen molar-refractivity contribution in [3.05, 3.63) is 18.0 Å². The van der Waals surface area contributed by atoms with Crippen LogP contribution in [0.25, 0.3) is 0 Å². The summed E-state index contributed by atoms with van der Waals surface area (Å²) in [4.78, 5) is 11.8. The zero-order valence-corrected chi connectivity index (χ0v) is 9.97. The molecule has 1 atom stereocenters. The Morgan fingerprint density at radius 3 is 2.81 bits per heavy atom. The molecule has 0 radical (unpaired) electrons. The predicted octanol–water partition coefficient (Wildman–Crippen LogP) is 0.965. The number of carbonyl (C=O) groups is 1. The highest BCUT2D eigenvalue weighted by atomic mass is 16.3. The zero-order valence-electron chi connectivity index (χ0n) is 9.97. The van der Waals surface area contributed by atoms with Crippen molar-refractivity contribution in [2.45, 2.75) is 39.3 Å². The topological polar surface area (TPSA) is 67.2 Å². The maximum atomic E-state index is 11.8. The van der Waals surface area contributed by atoms with E-state index in [9.17, 15) is 4.79 Å². The molecule has 0 aromatic carbocycles. The van der Waals surface area contributed by atoms with Gasteiger partial charge in [0.1, 0.15) is 5.69 Å². The lowest BCUT2D eigenvalue weighted by atomic mass is 10.3. The molecule has 5 heteroatoms. The van der Waals surface area contributed by atoms with Crippen LogP contribution in [0.1, 0.15) is 43.7 Å². The van der Waals surface area contributed by atoms with E-state index in [2.05, 4.69) is 10.4 Å². The van der Waals surface area contributed by atoms with Crippen molar-refractivity contribution in [2.75, 3.05) is 6.54 Å². The van der Waals surface area contributed by atoms with E-state index in [1.807, 2.05) is 13.8 Å². The van der Waals surface area contributed by atoms with E-state index < -0.39 is 6.10 Å². The first-order valence-corrected chi connectivity index (χ1v) is 5.52. The van der Waals surface area contributed by atoms with Gasteiger partial charge in [-0.3, -0.25) is 9.48 Å². The highest BCUT2D eigenvalue weighted by Gasteiger charge is 2.13. The molecule has 0 saturated heterocycles. The number of carbonyl (C=O) groups excluding carboxylic acids is 1. The maximum absolute atomic E-state index is 11.8. The van der Waals surface area contributed by atoms with Crippen molar-refractivity contribution in [3.63, 3.8) is 0 Å². The average Bonchev–Trinajstić information content (AvgIpc) is 2.65. The molecular weight excluding hydrogens is 206 g/mol. The lowest BCUT2D eigenvalue weighted by Gasteiger charge is -2.11. The van der Waals surface area contributed by atoms with Gasteiger partial charge >= 0.3 is 0 Å². The molecule has 0 aliphatic rings. The van der Waals surface area contributed by atoms with E-state index in [4.69, 9.17) is 5.11 Å². The Kier molecular flexibility index (Phi) is 4.49. The summed E-state index contributed by atoms with van der Waals surface area (Å²) in [5, 5.41) is 15.9. The van der Waals surface area contributed by atoms with E-state index in [1.54, 1.807) is 23.9 Å². The van der Waals surface area contributed by atoms with Crippen LogP contribution in [0, 0.1) is 0 Å². The fourth-order valence-electron chi connectivity index (χ4n) is 1.39. The molecule has 5 nitrogen and oxygen atoms in total. The SMILES string of the molecule is CC(O)CCNC(=O)c1ccnn1C(C)C. The smallest absolute Gasteiger partial charge is 0.269 e. The van der Waals surface area contributed by atoms with Gasteiger partial charge in [0, 0.05) is 18.8 Å². The third-order valence-electron chi connectivity index (χ3n) is 2.24. The van der Waals surface area contributed by atoms with E-state index >= 15 is 0 Å². The Bertz CT molecular complexity index is 345. The number of nitrogens with zero attached hydrogens (tertiary/aromatic N) is 2. The van der Waals surface area contributed by atoms with Crippen molar-refractivity contribution in [1.82, 2.24) is 15.1 Å². The Morgan fingerprint density at radius 1 is 1.56 bits per heavy atom. The molecule has 1 heterocycles. The Morgan fingerprint density at radius 2 is 2.25 bits per heavy atom. The molecule has 1 rings (SSSR count). The van der Waals surface area contributed by atoms with E-state index in [-0.39, 0.29) is 11.9 Å². The third-order valence-corrected chi connectivity index (χ3v) is 2.24. The summed E-state index contributed by atoms with van der Waals surface area (Å²) in [5.74, 6) is -0.146. The number of rotatable bonds is 5. The molecule has 1 amide bonds. The molecule has 0 aliphatic carbocycles. The minimum atomic E-state index is -0.393. The van der Waals surface area contributed by atoms with Gasteiger partial charge in [-0.05, 0) is 33.3 Å².